The van der Waals surface area contributed by atoms with Gasteiger partial charge in [0, 0.05) is 10.5 Å². The summed E-state index contributed by atoms with van der Waals surface area (Å²) in [5, 5.41) is 0.0477. The van der Waals surface area contributed by atoms with Crippen LogP contribution in [0, 0.1) is 0 Å². The Morgan fingerprint density at radius 3 is 2.28 bits per heavy atom. The predicted molar refractivity (Wildman–Crippen MR) is 77.2 cm³/mol. The maximum absolute atomic E-state index is 11.9. The third kappa shape index (κ3) is 3.55. The maximum Gasteiger partial charge on any atom is 0.230 e. The van der Waals surface area contributed by atoms with Crippen molar-refractivity contribution in [2.45, 2.75) is 4.90 Å². The summed E-state index contributed by atoms with van der Waals surface area (Å²) < 4.78 is 5.05. The second-order valence-electron chi connectivity index (χ2n) is 3.50. The number of carbonyl (C=O) groups is 1. The van der Waals surface area contributed by atoms with Crippen LogP contribution in [0.5, 0.6) is 5.75 Å². The van der Waals surface area contributed by atoms with Gasteiger partial charge in [-0.3, -0.25) is 4.79 Å². The zero-order valence-electron chi connectivity index (χ0n) is 9.83. The van der Waals surface area contributed by atoms with Crippen molar-refractivity contribution < 1.29 is 9.53 Å². The van der Waals surface area contributed by atoms with E-state index in [4.69, 9.17) is 4.74 Å². The normalized spacial score (nSPS) is 10.1. The monoisotopic (exact) mass is 276 g/mol. The van der Waals surface area contributed by atoms with Gasteiger partial charge in [-0.05, 0) is 58.0 Å². The van der Waals surface area contributed by atoms with Gasteiger partial charge in [-0.2, -0.15) is 0 Å². The minimum Gasteiger partial charge on any atom is -0.497 e. The van der Waals surface area contributed by atoms with Crippen molar-refractivity contribution in [1.29, 1.82) is 0 Å². The molecule has 2 rings (SSSR count). The zero-order valence-corrected chi connectivity index (χ0v) is 11.5. The largest absolute Gasteiger partial charge is 0.497 e. The molecule has 0 bridgehead atoms. The summed E-state index contributed by atoms with van der Waals surface area (Å²) in [7, 11) is 4.31. The molecular formula is C14H12O2S2. The molecule has 0 fully saturated rings. The second kappa shape index (κ2) is 6.52. The van der Waals surface area contributed by atoms with Crippen LogP contribution in [0.15, 0.2) is 59.5 Å². The van der Waals surface area contributed by atoms with E-state index in [1.807, 2.05) is 30.3 Å². The molecule has 18 heavy (non-hydrogen) atoms. The maximum atomic E-state index is 11.9. The predicted octanol–water partition coefficient (Wildman–Crippen LogP) is 4.28. The van der Waals surface area contributed by atoms with E-state index in [-0.39, 0.29) is 5.12 Å². The molecule has 0 aromatic heterocycles. The molecule has 92 valence electrons. The summed E-state index contributed by atoms with van der Waals surface area (Å²) in [5.41, 5.74) is 0.684. The minimum atomic E-state index is 0.0477. The second-order valence-corrected chi connectivity index (χ2v) is 5.67. The number of rotatable bonds is 4. The first kappa shape index (κ1) is 13.1. The zero-order chi connectivity index (χ0) is 12.8. The molecule has 0 aliphatic carbocycles. The fourth-order valence-corrected chi connectivity index (χ4v) is 3.15. The van der Waals surface area contributed by atoms with Crippen LogP contribution in [0.4, 0.5) is 0 Å². The van der Waals surface area contributed by atoms with Crippen LogP contribution < -0.4 is 4.74 Å². The van der Waals surface area contributed by atoms with E-state index in [0.717, 1.165) is 10.6 Å². The van der Waals surface area contributed by atoms with E-state index >= 15 is 0 Å². The van der Waals surface area contributed by atoms with Crippen LogP contribution in [0.25, 0.3) is 0 Å². The molecule has 0 amide bonds. The van der Waals surface area contributed by atoms with E-state index in [9.17, 15) is 4.79 Å². The summed E-state index contributed by atoms with van der Waals surface area (Å²) in [6, 6.07) is 17.0. The van der Waals surface area contributed by atoms with Gasteiger partial charge in [-0.1, -0.05) is 18.2 Å². The fourth-order valence-electron chi connectivity index (χ4n) is 1.34. The van der Waals surface area contributed by atoms with Crippen molar-refractivity contribution in [1.82, 2.24) is 0 Å². The van der Waals surface area contributed by atoms with Crippen LogP contribution in [-0.2, 0) is 0 Å². The summed E-state index contributed by atoms with van der Waals surface area (Å²) in [4.78, 5) is 13.0. The van der Waals surface area contributed by atoms with Crippen LogP contribution in [0.2, 0.25) is 0 Å². The highest BCUT2D eigenvalue weighted by molar-refractivity contribution is 8.82. The van der Waals surface area contributed by atoms with Crippen LogP contribution >= 0.6 is 21.6 Å². The van der Waals surface area contributed by atoms with Gasteiger partial charge in [0.25, 0.3) is 0 Å². The fraction of sp³-hybridized carbons (Fsp3) is 0.0714. The Kier molecular flexibility index (Phi) is 4.73. The molecule has 0 heterocycles. The molecule has 4 heteroatoms. The molecule has 0 unspecified atom stereocenters. The first-order valence-electron chi connectivity index (χ1n) is 5.37. The molecule has 0 N–H and O–H groups in total. The van der Waals surface area contributed by atoms with Crippen molar-refractivity contribution in [3.8, 4) is 5.75 Å². The topological polar surface area (TPSA) is 26.3 Å². The highest BCUT2D eigenvalue weighted by Gasteiger charge is 2.07. The van der Waals surface area contributed by atoms with Gasteiger partial charge in [0.05, 0.1) is 7.11 Å². The van der Waals surface area contributed by atoms with Crippen LogP contribution in [0.1, 0.15) is 10.4 Å². The SMILES string of the molecule is COc1ccc(C(=O)SSc2ccccc2)cc1. The van der Waals surface area contributed by atoms with E-state index in [1.165, 1.54) is 21.6 Å². The molecule has 0 spiro atoms. The summed E-state index contributed by atoms with van der Waals surface area (Å²) in [5.74, 6) is 0.757. The number of carbonyl (C=O) groups excluding carboxylic acids is 1. The summed E-state index contributed by atoms with van der Waals surface area (Å²) in [6.45, 7) is 0. The molecule has 0 saturated carbocycles. The lowest BCUT2D eigenvalue weighted by molar-refractivity contribution is 0.109. The number of benzene rings is 2. The van der Waals surface area contributed by atoms with Crippen molar-refractivity contribution >= 4 is 26.7 Å². The van der Waals surface area contributed by atoms with Crippen molar-refractivity contribution in [2.75, 3.05) is 7.11 Å². The molecule has 0 radical (unpaired) electrons. The number of ether oxygens (including phenoxy) is 1. The Bertz CT molecular complexity index is 509. The van der Waals surface area contributed by atoms with Crippen LogP contribution in [-0.4, -0.2) is 12.2 Å². The van der Waals surface area contributed by atoms with Gasteiger partial charge in [0.15, 0.2) is 0 Å². The summed E-state index contributed by atoms with van der Waals surface area (Å²) >= 11 is 0. The van der Waals surface area contributed by atoms with Gasteiger partial charge >= 0.3 is 0 Å². The molecule has 0 saturated heterocycles. The van der Waals surface area contributed by atoms with Gasteiger partial charge in [-0.15, -0.1) is 0 Å². The van der Waals surface area contributed by atoms with Gasteiger partial charge in [-0.25, -0.2) is 0 Å². The van der Waals surface area contributed by atoms with Crippen molar-refractivity contribution in [2.24, 2.45) is 0 Å². The first-order valence-corrected chi connectivity index (χ1v) is 7.52. The number of hydrogen-bond donors (Lipinski definition) is 0. The molecule has 0 atom stereocenters. The van der Waals surface area contributed by atoms with Gasteiger partial charge in [0.1, 0.15) is 5.75 Å². The molecule has 2 aromatic rings. The average Bonchev–Trinajstić information content (AvgIpc) is 2.46. The van der Waals surface area contributed by atoms with Crippen molar-refractivity contribution in [3.63, 3.8) is 0 Å². The highest BCUT2D eigenvalue weighted by Crippen LogP contribution is 2.33. The number of methoxy groups -OCH3 is 1. The van der Waals surface area contributed by atoms with Crippen LogP contribution in [0.3, 0.4) is 0 Å². The Hall–Kier alpha value is -1.39. The Balaban J connectivity index is 1.95. The van der Waals surface area contributed by atoms with Gasteiger partial charge < -0.3 is 4.74 Å². The lowest BCUT2D eigenvalue weighted by Crippen LogP contribution is -1.91. The molecule has 2 nitrogen and oxygen atoms in total. The molecule has 0 aliphatic rings. The molecular weight excluding hydrogens is 264 g/mol. The average molecular weight is 276 g/mol. The van der Waals surface area contributed by atoms with E-state index in [2.05, 4.69) is 0 Å². The van der Waals surface area contributed by atoms with E-state index in [0.29, 0.717) is 5.56 Å². The quantitative estimate of drug-likeness (QED) is 0.779. The smallest absolute Gasteiger partial charge is 0.230 e. The van der Waals surface area contributed by atoms with Gasteiger partial charge in [0.2, 0.25) is 5.12 Å². The standard InChI is InChI=1S/C14H12O2S2/c1-16-12-9-7-11(8-10-12)14(15)18-17-13-5-3-2-4-6-13/h2-10H,1H3. The lowest BCUT2D eigenvalue weighted by Gasteiger charge is -2.02. The Morgan fingerprint density at radius 2 is 1.67 bits per heavy atom. The van der Waals surface area contributed by atoms with E-state index in [1.54, 1.807) is 31.4 Å². The molecule has 0 aliphatic heterocycles. The van der Waals surface area contributed by atoms with Crippen molar-refractivity contribution in [3.05, 3.63) is 60.2 Å². The lowest BCUT2D eigenvalue weighted by atomic mass is 10.2. The minimum absolute atomic E-state index is 0.0477. The third-order valence-electron chi connectivity index (χ3n) is 2.28. The summed E-state index contributed by atoms with van der Waals surface area (Å²) in [6.07, 6.45) is 0. The first-order chi connectivity index (χ1) is 8.79. The van der Waals surface area contributed by atoms with E-state index < -0.39 is 0 Å². The third-order valence-corrected chi connectivity index (χ3v) is 4.50. The number of hydrogen-bond acceptors (Lipinski definition) is 4. The molecule has 2 aromatic carbocycles. The highest BCUT2D eigenvalue weighted by atomic mass is 33.1. The Labute approximate surface area is 114 Å². The Morgan fingerprint density at radius 1 is 1.00 bits per heavy atom.